The summed E-state index contributed by atoms with van der Waals surface area (Å²) >= 11 is 0. The Balaban J connectivity index is 2.52. The molecule has 0 bridgehead atoms. The van der Waals surface area contributed by atoms with Gasteiger partial charge in [0.1, 0.15) is 12.7 Å². The SMILES string of the molecule is CCCCOCC(O)COc1c(CO)cccc1OCC. The average Bonchev–Trinajstić information content (AvgIpc) is 2.50. The van der Waals surface area contributed by atoms with Crippen LogP contribution in [-0.4, -0.2) is 42.7 Å². The molecule has 1 rings (SSSR count). The van der Waals surface area contributed by atoms with Gasteiger partial charge in [-0.25, -0.2) is 0 Å². The maximum Gasteiger partial charge on any atom is 0.166 e. The number of para-hydroxylation sites is 1. The van der Waals surface area contributed by atoms with Crippen LogP contribution >= 0.6 is 0 Å². The van der Waals surface area contributed by atoms with Crippen LogP contribution in [0, 0.1) is 0 Å². The van der Waals surface area contributed by atoms with Crippen molar-refractivity contribution in [3.8, 4) is 11.5 Å². The van der Waals surface area contributed by atoms with Crippen LogP contribution < -0.4 is 9.47 Å². The van der Waals surface area contributed by atoms with Crippen LogP contribution in [0.1, 0.15) is 32.3 Å². The van der Waals surface area contributed by atoms with Gasteiger partial charge in [0.15, 0.2) is 11.5 Å². The molecule has 0 amide bonds. The van der Waals surface area contributed by atoms with Gasteiger partial charge in [0, 0.05) is 12.2 Å². The fourth-order valence-corrected chi connectivity index (χ4v) is 1.81. The van der Waals surface area contributed by atoms with Crippen molar-refractivity contribution in [1.82, 2.24) is 0 Å². The molecule has 0 spiro atoms. The molecule has 21 heavy (non-hydrogen) atoms. The van der Waals surface area contributed by atoms with Crippen LogP contribution in [0.5, 0.6) is 11.5 Å². The summed E-state index contributed by atoms with van der Waals surface area (Å²) in [6, 6.07) is 5.35. The van der Waals surface area contributed by atoms with Crippen LogP contribution in [0.3, 0.4) is 0 Å². The predicted octanol–water partition coefficient (Wildman–Crippen LogP) is 2.13. The molecule has 0 aliphatic carbocycles. The van der Waals surface area contributed by atoms with Crippen molar-refractivity contribution in [3.05, 3.63) is 23.8 Å². The second kappa shape index (κ2) is 10.4. The zero-order valence-corrected chi connectivity index (χ0v) is 12.9. The lowest BCUT2D eigenvalue weighted by molar-refractivity contribution is 0.0104. The zero-order chi connectivity index (χ0) is 15.5. The second-order valence-corrected chi connectivity index (χ2v) is 4.73. The van der Waals surface area contributed by atoms with Gasteiger partial charge in [-0.15, -0.1) is 0 Å². The van der Waals surface area contributed by atoms with Gasteiger partial charge in [-0.1, -0.05) is 25.5 Å². The first-order valence-electron chi connectivity index (χ1n) is 7.47. The average molecular weight is 298 g/mol. The molecule has 2 N–H and O–H groups in total. The summed E-state index contributed by atoms with van der Waals surface area (Å²) in [5.41, 5.74) is 0.639. The molecule has 0 saturated heterocycles. The minimum absolute atomic E-state index is 0.100. The molecule has 0 aliphatic rings. The lowest BCUT2D eigenvalue weighted by atomic mass is 10.2. The quantitative estimate of drug-likeness (QED) is 0.613. The van der Waals surface area contributed by atoms with Crippen LogP contribution in [-0.2, 0) is 11.3 Å². The third-order valence-electron chi connectivity index (χ3n) is 2.90. The molecule has 5 nitrogen and oxygen atoms in total. The van der Waals surface area contributed by atoms with Gasteiger partial charge < -0.3 is 24.4 Å². The lowest BCUT2D eigenvalue weighted by Gasteiger charge is -2.17. The largest absolute Gasteiger partial charge is 0.490 e. The maximum absolute atomic E-state index is 9.84. The van der Waals surface area contributed by atoms with Gasteiger partial charge in [-0.05, 0) is 19.4 Å². The van der Waals surface area contributed by atoms with Crippen molar-refractivity contribution in [3.63, 3.8) is 0 Å². The van der Waals surface area contributed by atoms with Crippen molar-refractivity contribution in [2.45, 2.75) is 39.4 Å². The van der Waals surface area contributed by atoms with E-state index in [1.165, 1.54) is 0 Å². The maximum atomic E-state index is 9.84. The molecule has 1 aromatic carbocycles. The van der Waals surface area contributed by atoms with Crippen molar-refractivity contribution in [1.29, 1.82) is 0 Å². The number of ether oxygens (including phenoxy) is 3. The Hall–Kier alpha value is -1.30. The zero-order valence-electron chi connectivity index (χ0n) is 12.9. The Morgan fingerprint density at radius 1 is 1.14 bits per heavy atom. The summed E-state index contributed by atoms with van der Waals surface area (Å²) in [5.74, 6) is 1.05. The lowest BCUT2D eigenvalue weighted by Crippen LogP contribution is -2.24. The Morgan fingerprint density at radius 2 is 1.95 bits per heavy atom. The standard InChI is InChI=1S/C16H26O5/c1-3-5-9-19-11-14(18)12-21-16-13(10-17)7-6-8-15(16)20-4-2/h6-8,14,17-18H,3-5,9-12H2,1-2H3. The summed E-state index contributed by atoms with van der Waals surface area (Å²) in [6.07, 6.45) is 1.34. The Labute approximate surface area is 126 Å². The Kier molecular flexibility index (Phi) is 8.82. The number of aliphatic hydroxyl groups excluding tert-OH is 2. The first-order chi connectivity index (χ1) is 10.2. The minimum atomic E-state index is -0.705. The topological polar surface area (TPSA) is 68.2 Å². The summed E-state index contributed by atoms with van der Waals surface area (Å²) in [5, 5.41) is 19.2. The van der Waals surface area contributed by atoms with Crippen molar-refractivity contribution < 1.29 is 24.4 Å². The predicted molar refractivity (Wildman–Crippen MR) is 80.8 cm³/mol. The highest BCUT2D eigenvalue weighted by Crippen LogP contribution is 2.31. The van der Waals surface area contributed by atoms with E-state index in [1.54, 1.807) is 18.2 Å². The molecule has 120 valence electrons. The van der Waals surface area contributed by atoms with Crippen LogP contribution in [0.25, 0.3) is 0 Å². The number of unbranched alkanes of at least 4 members (excludes halogenated alkanes) is 1. The fraction of sp³-hybridized carbons (Fsp3) is 0.625. The van der Waals surface area contributed by atoms with Crippen LogP contribution in [0.4, 0.5) is 0 Å². The van der Waals surface area contributed by atoms with Gasteiger partial charge >= 0.3 is 0 Å². The molecule has 0 radical (unpaired) electrons. The van der Waals surface area contributed by atoms with E-state index in [-0.39, 0.29) is 19.8 Å². The molecular weight excluding hydrogens is 272 g/mol. The molecule has 0 aromatic heterocycles. The minimum Gasteiger partial charge on any atom is -0.490 e. The molecule has 0 aliphatic heterocycles. The van der Waals surface area contributed by atoms with E-state index in [1.807, 2.05) is 6.92 Å². The number of aliphatic hydroxyl groups is 2. The Morgan fingerprint density at radius 3 is 2.62 bits per heavy atom. The summed E-state index contributed by atoms with van der Waals surface area (Å²) in [4.78, 5) is 0. The summed E-state index contributed by atoms with van der Waals surface area (Å²) < 4.78 is 16.4. The molecule has 0 fully saturated rings. The van der Waals surface area contributed by atoms with Crippen LogP contribution in [0.15, 0.2) is 18.2 Å². The molecule has 1 unspecified atom stereocenters. The molecule has 1 atom stereocenters. The van der Waals surface area contributed by atoms with Crippen LogP contribution in [0.2, 0.25) is 0 Å². The highest BCUT2D eigenvalue weighted by molar-refractivity contribution is 5.46. The van der Waals surface area contributed by atoms with E-state index in [9.17, 15) is 10.2 Å². The summed E-state index contributed by atoms with van der Waals surface area (Å²) in [7, 11) is 0. The first-order valence-corrected chi connectivity index (χ1v) is 7.47. The van der Waals surface area contributed by atoms with E-state index in [4.69, 9.17) is 14.2 Å². The molecule has 5 heteroatoms. The normalized spacial score (nSPS) is 12.2. The third kappa shape index (κ3) is 6.33. The monoisotopic (exact) mass is 298 g/mol. The van der Waals surface area contributed by atoms with Gasteiger partial charge in [-0.3, -0.25) is 0 Å². The second-order valence-electron chi connectivity index (χ2n) is 4.73. The smallest absolute Gasteiger partial charge is 0.166 e. The van der Waals surface area contributed by atoms with Gasteiger partial charge in [0.25, 0.3) is 0 Å². The molecule has 0 heterocycles. The number of benzene rings is 1. The van der Waals surface area contributed by atoms with Crippen molar-refractivity contribution >= 4 is 0 Å². The van der Waals surface area contributed by atoms with Crippen molar-refractivity contribution in [2.24, 2.45) is 0 Å². The molecular formula is C16H26O5. The van der Waals surface area contributed by atoms with Gasteiger partial charge in [-0.2, -0.15) is 0 Å². The molecule has 1 aromatic rings. The number of hydrogen-bond donors (Lipinski definition) is 2. The van der Waals surface area contributed by atoms with Crippen molar-refractivity contribution in [2.75, 3.05) is 26.4 Å². The number of rotatable bonds is 11. The van der Waals surface area contributed by atoms with E-state index in [0.29, 0.717) is 30.3 Å². The van der Waals surface area contributed by atoms with Gasteiger partial charge in [0.2, 0.25) is 0 Å². The fourth-order valence-electron chi connectivity index (χ4n) is 1.81. The van der Waals surface area contributed by atoms with Gasteiger partial charge in [0.05, 0.1) is 19.8 Å². The number of hydrogen-bond acceptors (Lipinski definition) is 5. The molecule has 0 saturated carbocycles. The first kappa shape index (κ1) is 17.8. The van der Waals surface area contributed by atoms with E-state index < -0.39 is 6.10 Å². The highest BCUT2D eigenvalue weighted by Gasteiger charge is 2.13. The van der Waals surface area contributed by atoms with E-state index in [2.05, 4.69) is 6.92 Å². The summed E-state index contributed by atoms with van der Waals surface area (Å²) in [6.45, 7) is 5.32. The van der Waals surface area contributed by atoms with E-state index >= 15 is 0 Å². The Bertz CT molecular complexity index is 394. The third-order valence-corrected chi connectivity index (χ3v) is 2.90. The van der Waals surface area contributed by atoms with E-state index in [0.717, 1.165) is 12.8 Å². The highest BCUT2D eigenvalue weighted by atomic mass is 16.5.